The van der Waals surface area contributed by atoms with Gasteiger partial charge in [0, 0.05) is 0 Å². The summed E-state index contributed by atoms with van der Waals surface area (Å²) >= 11 is 0. The van der Waals surface area contributed by atoms with Crippen molar-refractivity contribution in [1.29, 1.82) is 0 Å². The van der Waals surface area contributed by atoms with Gasteiger partial charge in [-0.25, -0.2) is 4.79 Å². The van der Waals surface area contributed by atoms with E-state index in [1.54, 1.807) is 19.9 Å². The molecule has 1 N–H and O–H groups in total. The van der Waals surface area contributed by atoms with Crippen molar-refractivity contribution in [1.82, 2.24) is 0 Å². The Kier molecular flexibility index (Phi) is 4.35. The Bertz CT molecular complexity index is 383. The van der Waals surface area contributed by atoms with E-state index in [1.807, 2.05) is 13.0 Å². The molecule has 0 aromatic heterocycles. The van der Waals surface area contributed by atoms with Crippen molar-refractivity contribution in [2.45, 2.75) is 33.6 Å². The third-order valence-electron chi connectivity index (χ3n) is 2.52. The van der Waals surface area contributed by atoms with Crippen LogP contribution < -0.4 is 0 Å². The average Bonchev–Trinajstić information content (AvgIpc) is 2.24. The maximum absolute atomic E-state index is 11.7. The summed E-state index contributed by atoms with van der Waals surface area (Å²) in [6.45, 7) is 5.98. The topological polar surface area (TPSA) is 46.5 Å². The van der Waals surface area contributed by atoms with Crippen molar-refractivity contribution < 1.29 is 14.6 Å². The highest BCUT2D eigenvalue weighted by molar-refractivity contribution is 5.94. The average molecular weight is 222 g/mol. The molecule has 0 radical (unpaired) electrons. The third kappa shape index (κ3) is 2.75. The molecular formula is C13H18O3. The van der Waals surface area contributed by atoms with E-state index in [4.69, 9.17) is 4.74 Å². The Balaban J connectivity index is 2.86. The molecule has 0 heterocycles. The van der Waals surface area contributed by atoms with Crippen LogP contribution in [0.5, 0.6) is 5.75 Å². The lowest BCUT2D eigenvalue weighted by Gasteiger charge is -2.10. The molecule has 0 fully saturated rings. The van der Waals surface area contributed by atoms with Gasteiger partial charge in [0.2, 0.25) is 0 Å². The fourth-order valence-electron chi connectivity index (χ4n) is 1.44. The molecule has 88 valence electrons. The molecule has 1 aromatic carbocycles. The summed E-state index contributed by atoms with van der Waals surface area (Å²) in [6, 6.07) is 3.60. The fourth-order valence-corrected chi connectivity index (χ4v) is 1.44. The van der Waals surface area contributed by atoms with Gasteiger partial charge >= 0.3 is 5.97 Å². The minimum Gasteiger partial charge on any atom is -0.507 e. The molecule has 0 amide bonds. The quantitative estimate of drug-likeness (QED) is 0.629. The van der Waals surface area contributed by atoms with Gasteiger partial charge in [0.25, 0.3) is 0 Å². The maximum atomic E-state index is 11.7. The van der Waals surface area contributed by atoms with Gasteiger partial charge in [-0.15, -0.1) is 0 Å². The fraction of sp³-hybridized carbons (Fsp3) is 0.462. The Morgan fingerprint density at radius 3 is 2.56 bits per heavy atom. The number of ether oxygens (including phenoxy) is 1. The van der Waals surface area contributed by atoms with Gasteiger partial charge in [-0.05, 0) is 31.4 Å². The van der Waals surface area contributed by atoms with Crippen LogP contribution in [0.2, 0.25) is 0 Å². The second-order valence-corrected chi connectivity index (χ2v) is 3.91. The Labute approximate surface area is 96.1 Å². The van der Waals surface area contributed by atoms with E-state index in [2.05, 4.69) is 0 Å². The SMILES string of the molecule is CCCCOC(=O)c1c(C)ccc(C)c1O. The highest BCUT2D eigenvalue weighted by Gasteiger charge is 2.16. The molecule has 0 saturated carbocycles. The normalized spacial score (nSPS) is 10.2. The number of benzene rings is 1. The number of esters is 1. The predicted molar refractivity (Wildman–Crippen MR) is 62.8 cm³/mol. The Hall–Kier alpha value is -1.51. The van der Waals surface area contributed by atoms with Crippen LogP contribution in [0.15, 0.2) is 12.1 Å². The monoisotopic (exact) mass is 222 g/mol. The number of carbonyl (C=O) groups excluding carboxylic acids is 1. The second-order valence-electron chi connectivity index (χ2n) is 3.91. The molecule has 0 spiro atoms. The van der Waals surface area contributed by atoms with Gasteiger partial charge in [-0.2, -0.15) is 0 Å². The predicted octanol–water partition coefficient (Wildman–Crippen LogP) is 2.97. The minimum absolute atomic E-state index is 0.0292. The van der Waals surface area contributed by atoms with Gasteiger partial charge in [-0.3, -0.25) is 0 Å². The van der Waals surface area contributed by atoms with Gasteiger partial charge < -0.3 is 9.84 Å². The standard InChI is InChI=1S/C13H18O3/c1-4-5-8-16-13(15)11-9(2)6-7-10(3)12(11)14/h6-7,14H,4-5,8H2,1-3H3. The molecule has 0 aliphatic carbocycles. The molecule has 16 heavy (non-hydrogen) atoms. The van der Waals surface area contributed by atoms with Gasteiger partial charge in [0.05, 0.1) is 6.61 Å². The van der Waals surface area contributed by atoms with Crippen LogP contribution in [-0.4, -0.2) is 17.7 Å². The number of hydrogen-bond donors (Lipinski definition) is 1. The van der Waals surface area contributed by atoms with Crippen LogP contribution in [0.3, 0.4) is 0 Å². The Morgan fingerprint density at radius 1 is 1.31 bits per heavy atom. The molecule has 0 saturated heterocycles. The second kappa shape index (κ2) is 5.54. The van der Waals surface area contributed by atoms with Crippen LogP contribution in [0.4, 0.5) is 0 Å². The highest BCUT2D eigenvalue weighted by Crippen LogP contribution is 2.25. The molecule has 0 unspecified atom stereocenters. The van der Waals surface area contributed by atoms with Crippen LogP contribution in [-0.2, 0) is 4.74 Å². The molecule has 0 aliphatic rings. The first-order chi connectivity index (χ1) is 7.57. The maximum Gasteiger partial charge on any atom is 0.342 e. The van der Waals surface area contributed by atoms with E-state index in [9.17, 15) is 9.90 Å². The van der Waals surface area contributed by atoms with Crippen molar-refractivity contribution >= 4 is 5.97 Å². The number of unbranched alkanes of at least 4 members (excludes halogenated alkanes) is 1. The summed E-state index contributed by atoms with van der Waals surface area (Å²) in [6.07, 6.45) is 1.82. The number of phenolic OH excluding ortho intramolecular Hbond substituents is 1. The first-order valence-corrected chi connectivity index (χ1v) is 5.54. The van der Waals surface area contributed by atoms with Gasteiger partial charge in [0.15, 0.2) is 0 Å². The first kappa shape index (κ1) is 12.6. The van der Waals surface area contributed by atoms with Gasteiger partial charge in [-0.1, -0.05) is 25.5 Å². The molecule has 1 aromatic rings. The summed E-state index contributed by atoms with van der Waals surface area (Å²) in [5.41, 5.74) is 1.72. The third-order valence-corrected chi connectivity index (χ3v) is 2.52. The minimum atomic E-state index is -0.438. The van der Waals surface area contributed by atoms with Crippen molar-refractivity contribution in [3.63, 3.8) is 0 Å². The summed E-state index contributed by atoms with van der Waals surface area (Å²) in [5.74, 6) is -0.409. The van der Waals surface area contributed by atoms with E-state index in [0.29, 0.717) is 12.2 Å². The van der Waals surface area contributed by atoms with Crippen molar-refractivity contribution in [3.05, 3.63) is 28.8 Å². The number of hydrogen-bond acceptors (Lipinski definition) is 3. The molecule has 0 bridgehead atoms. The van der Waals surface area contributed by atoms with Crippen LogP contribution in [0.25, 0.3) is 0 Å². The number of aryl methyl sites for hydroxylation is 2. The smallest absolute Gasteiger partial charge is 0.342 e. The molecule has 1 rings (SSSR count). The molecular weight excluding hydrogens is 204 g/mol. The van der Waals surface area contributed by atoms with Crippen LogP contribution in [0.1, 0.15) is 41.3 Å². The molecule has 3 nitrogen and oxygen atoms in total. The van der Waals surface area contributed by atoms with E-state index in [1.165, 1.54) is 0 Å². The number of phenols is 1. The van der Waals surface area contributed by atoms with Crippen LogP contribution >= 0.6 is 0 Å². The van der Waals surface area contributed by atoms with E-state index < -0.39 is 5.97 Å². The number of rotatable bonds is 4. The highest BCUT2D eigenvalue weighted by atomic mass is 16.5. The largest absolute Gasteiger partial charge is 0.507 e. The zero-order valence-electron chi connectivity index (χ0n) is 10.0. The summed E-state index contributed by atoms with van der Waals surface area (Å²) in [5, 5.41) is 9.80. The summed E-state index contributed by atoms with van der Waals surface area (Å²) < 4.78 is 5.09. The summed E-state index contributed by atoms with van der Waals surface area (Å²) in [7, 11) is 0. The number of aromatic hydroxyl groups is 1. The molecule has 0 atom stereocenters. The van der Waals surface area contributed by atoms with Crippen molar-refractivity contribution in [2.24, 2.45) is 0 Å². The van der Waals surface area contributed by atoms with Crippen molar-refractivity contribution in [2.75, 3.05) is 6.61 Å². The van der Waals surface area contributed by atoms with Crippen LogP contribution in [0, 0.1) is 13.8 Å². The van der Waals surface area contributed by atoms with Crippen molar-refractivity contribution in [3.8, 4) is 5.75 Å². The lowest BCUT2D eigenvalue weighted by molar-refractivity contribution is 0.0495. The molecule has 3 heteroatoms. The Morgan fingerprint density at radius 2 is 1.94 bits per heavy atom. The van der Waals surface area contributed by atoms with E-state index in [0.717, 1.165) is 18.4 Å². The first-order valence-electron chi connectivity index (χ1n) is 5.54. The zero-order chi connectivity index (χ0) is 12.1. The van der Waals surface area contributed by atoms with Gasteiger partial charge in [0.1, 0.15) is 11.3 Å². The lowest BCUT2D eigenvalue weighted by atomic mass is 10.0. The molecule has 0 aliphatic heterocycles. The summed E-state index contributed by atoms with van der Waals surface area (Å²) in [4.78, 5) is 11.7. The lowest BCUT2D eigenvalue weighted by Crippen LogP contribution is -2.09. The van der Waals surface area contributed by atoms with E-state index in [-0.39, 0.29) is 11.3 Å². The van der Waals surface area contributed by atoms with E-state index >= 15 is 0 Å². The number of carbonyl (C=O) groups is 1. The zero-order valence-corrected chi connectivity index (χ0v) is 10.0.